The summed E-state index contributed by atoms with van der Waals surface area (Å²) in [5.41, 5.74) is 11.0. The molecule has 0 fully saturated rings. The third-order valence-electron chi connectivity index (χ3n) is 12.9. The van der Waals surface area contributed by atoms with Gasteiger partial charge >= 0.3 is 48.6 Å². The number of nitrogens with zero attached hydrogens (tertiary/aromatic N) is 5. The number of carboxylic acid groups (broad SMARTS) is 2. The third kappa shape index (κ3) is 25.2. The Morgan fingerprint density at radius 3 is 1.44 bits per heavy atom. The molecule has 0 saturated heterocycles. The van der Waals surface area contributed by atoms with Crippen LogP contribution in [-0.4, -0.2) is 124 Å². The van der Waals surface area contributed by atoms with Gasteiger partial charge in [-0.2, -0.15) is 0 Å². The number of pyridine rings is 4. The van der Waals surface area contributed by atoms with Crippen LogP contribution in [0.4, 0.5) is 11.4 Å². The number of ether oxygens (including phenoxy) is 6. The normalized spacial score (nSPS) is 10.3. The Bertz CT molecular complexity index is 4850. The molecule has 99 heavy (non-hydrogen) atoms. The number of rotatable bonds is 14. The van der Waals surface area contributed by atoms with Gasteiger partial charge in [0.1, 0.15) is 60.9 Å². The van der Waals surface area contributed by atoms with Gasteiger partial charge in [0.15, 0.2) is 13.6 Å². The van der Waals surface area contributed by atoms with Crippen molar-refractivity contribution in [2.24, 2.45) is 0 Å². The molecule has 12 aromatic rings. The zero-order valence-electron chi connectivity index (χ0n) is 53.0. The van der Waals surface area contributed by atoms with Crippen molar-refractivity contribution >= 4 is 153 Å². The average Bonchev–Trinajstić information content (AvgIpc) is 0.805. The minimum atomic E-state index is -4.61. The minimum Gasteiger partial charge on any atom is -0.744 e. The second-order valence-corrected chi connectivity index (χ2v) is 24.6. The van der Waals surface area contributed by atoms with Crippen molar-refractivity contribution in [3.63, 3.8) is 0 Å². The number of fused-ring (bicyclic) bond motifs is 4. The van der Waals surface area contributed by atoms with Crippen LogP contribution in [0.3, 0.4) is 0 Å². The summed E-state index contributed by atoms with van der Waals surface area (Å²) in [5.74, 6) is 0.990. The van der Waals surface area contributed by atoms with Crippen LogP contribution in [0.25, 0.3) is 54.7 Å². The first kappa shape index (κ1) is 81.0. The van der Waals surface area contributed by atoms with E-state index in [1.54, 1.807) is 83.6 Å². The summed E-state index contributed by atoms with van der Waals surface area (Å²) in [7, 11) is 0.152. The van der Waals surface area contributed by atoms with E-state index >= 15 is 0 Å². The molecule has 0 radical (unpaired) electrons. The van der Waals surface area contributed by atoms with Crippen molar-refractivity contribution in [3.8, 4) is 39.9 Å². The molecule has 4 heterocycles. The van der Waals surface area contributed by atoms with Crippen LogP contribution in [0.2, 0.25) is 0 Å². The Labute approximate surface area is 623 Å². The summed E-state index contributed by atoms with van der Waals surface area (Å²) in [5, 5.41) is 58.7. The number of phenols is 1. The first-order chi connectivity index (χ1) is 46.8. The van der Waals surface area contributed by atoms with Gasteiger partial charge in [0.2, 0.25) is 0 Å². The van der Waals surface area contributed by atoms with Crippen molar-refractivity contribution < 1.29 is 111 Å². The van der Waals surface area contributed by atoms with E-state index < -0.39 is 44.7 Å². The molecule has 31 heteroatoms. The number of hydrogen-bond acceptors (Lipinski definition) is 21. The standard InChI is InChI=1S/C18H15NO4.C11H10BrNO2.C10H8BrNO.C9H6BrNO.C7H7BO4.C7H8BrNO.C6H5NO5S.Na/c1-22-11-23-16-10-15(9-13-6-3-7-19-17(13)16)12-4-2-5-14(8-12)18(20)21;1-14-7-15-10-6-9(12)5-8-3-2-4-13-11(8)10;1-13-9-6-8(11)5-7-3-2-4-12-10(7)9;10-7-4-6-2-1-3-11-9(6)8(12)5-7;9-7(10)5-2-1-3-6(4-5)8(11)12;1-10-7-4-5(8)2-3-6(7)9;8-7(9)5-2-1-3-6(4-5)13(10,11)12;/h2-10H,11H2,1H3,(H,20,21);2-6H,7H2,1H3;2-6H,1H3;1-5,12H;1-4,11-12H,(H,9,10);2-4H,9H2,1H3;1-4H,(H,10,11,12);/q;;;;;;;+1/p-1. The fraction of sp³-hybridized carbons (Fsp3) is 0.0882. The Morgan fingerprint density at radius 2 is 0.960 bits per heavy atom. The van der Waals surface area contributed by atoms with Crippen molar-refractivity contribution in [3.05, 3.63) is 252 Å². The molecule has 0 spiro atoms. The van der Waals surface area contributed by atoms with E-state index in [9.17, 15) is 37.8 Å². The zero-order valence-corrected chi connectivity index (χ0v) is 62.1. The largest absolute Gasteiger partial charge is 1.00 e. The number of non-ortho nitro benzene ring substituents is 1. The molecular weight excluding hydrogens is 1570 g/mol. The van der Waals surface area contributed by atoms with Gasteiger partial charge in [0.05, 0.1) is 40.9 Å². The molecule has 12 rings (SSSR count). The van der Waals surface area contributed by atoms with Crippen LogP contribution < -0.4 is 59.7 Å². The predicted octanol–water partition coefficient (Wildman–Crippen LogP) is 10.9. The number of aromatic hydroxyl groups is 1. The quantitative estimate of drug-likeness (QED) is 0.0147. The van der Waals surface area contributed by atoms with Crippen molar-refractivity contribution in [2.75, 3.05) is 47.8 Å². The van der Waals surface area contributed by atoms with Gasteiger partial charge in [-0.3, -0.25) is 30.1 Å². The van der Waals surface area contributed by atoms with Gasteiger partial charge in [0, 0.05) is 90.6 Å². The molecule has 0 amide bonds. The van der Waals surface area contributed by atoms with Gasteiger partial charge in [-0.15, -0.1) is 0 Å². The topological polar surface area (TPSA) is 369 Å². The van der Waals surface area contributed by atoms with Crippen molar-refractivity contribution in [1.29, 1.82) is 0 Å². The summed E-state index contributed by atoms with van der Waals surface area (Å²) >= 11 is 13.4. The van der Waals surface area contributed by atoms with E-state index in [-0.39, 0.29) is 65.5 Å². The van der Waals surface area contributed by atoms with Crippen LogP contribution in [0, 0.1) is 10.1 Å². The zero-order chi connectivity index (χ0) is 71.5. The second-order valence-electron chi connectivity index (χ2n) is 19.6. The van der Waals surface area contributed by atoms with Crippen LogP contribution in [-0.2, 0) is 19.6 Å². The first-order valence-corrected chi connectivity index (χ1v) is 32.7. The molecule has 8 aromatic carbocycles. The number of halogens is 4. The summed E-state index contributed by atoms with van der Waals surface area (Å²) in [6, 6.07) is 52.3. The maximum atomic E-state index is 11.2. The molecule has 7 N–H and O–H groups in total. The third-order valence-corrected chi connectivity index (χ3v) is 15.6. The van der Waals surface area contributed by atoms with Crippen LogP contribution in [0.1, 0.15) is 20.7 Å². The van der Waals surface area contributed by atoms with Gasteiger partial charge in [-0.05, 0) is 138 Å². The van der Waals surface area contributed by atoms with Gasteiger partial charge < -0.3 is 64.1 Å². The minimum absolute atomic E-state index is 0. The number of anilines is 1. The van der Waals surface area contributed by atoms with E-state index in [2.05, 4.69) is 83.7 Å². The van der Waals surface area contributed by atoms with Gasteiger partial charge in [0.25, 0.3) is 5.69 Å². The number of aromatic nitrogens is 4. The number of hydrogen-bond donors (Lipinski definition) is 6. The average molecular weight is 1630 g/mol. The van der Waals surface area contributed by atoms with Crippen LogP contribution in [0.5, 0.6) is 28.7 Å². The fourth-order valence-electron chi connectivity index (χ4n) is 8.43. The second kappa shape index (κ2) is 40.4. The molecule has 24 nitrogen and oxygen atoms in total. The summed E-state index contributed by atoms with van der Waals surface area (Å²) in [4.78, 5) is 47.3. The smallest absolute Gasteiger partial charge is 0.744 e. The Balaban J connectivity index is 0.000000212. The van der Waals surface area contributed by atoms with E-state index in [0.29, 0.717) is 22.7 Å². The molecule has 0 aliphatic heterocycles. The molecule has 0 saturated carbocycles. The molecule has 0 bridgehead atoms. The summed E-state index contributed by atoms with van der Waals surface area (Å²) < 4.78 is 66.2. The van der Waals surface area contributed by atoms with E-state index in [0.717, 1.165) is 103 Å². The fourth-order valence-corrected chi connectivity index (χ4v) is 10.7. The number of nitrogen functional groups attached to an aromatic ring is 1. The maximum Gasteiger partial charge on any atom is 1.00 e. The Morgan fingerprint density at radius 1 is 0.515 bits per heavy atom. The van der Waals surface area contributed by atoms with Crippen LogP contribution in [0.15, 0.2) is 236 Å². The molecule has 0 unspecified atom stereocenters. The van der Waals surface area contributed by atoms with Crippen molar-refractivity contribution in [2.45, 2.75) is 4.90 Å². The van der Waals surface area contributed by atoms with Gasteiger partial charge in [-0.25, -0.2) is 18.0 Å². The monoisotopic (exact) mass is 1630 g/mol. The molecule has 4 aromatic heterocycles. The van der Waals surface area contributed by atoms with E-state index in [1.807, 2.05) is 109 Å². The molecular formula is C68H58BBr4N6NaO18S. The molecule has 0 aliphatic rings. The summed E-state index contributed by atoms with van der Waals surface area (Å²) in [6.07, 6.45) is 6.87. The molecule has 0 atom stereocenters. The van der Waals surface area contributed by atoms with Crippen LogP contribution >= 0.6 is 63.7 Å². The first-order valence-electron chi connectivity index (χ1n) is 28.1. The Hall–Kier alpha value is -8.73. The summed E-state index contributed by atoms with van der Waals surface area (Å²) in [6.45, 7) is 0.340. The predicted molar refractivity (Wildman–Crippen MR) is 385 cm³/mol. The maximum absolute atomic E-state index is 11.2. The molecule has 0 aliphatic carbocycles. The number of nitro groups is 1. The van der Waals surface area contributed by atoms with E-state index in [4.69, 9.17) is 54.4 Å². The number of aromatic carboxylic acids is 2. The number of nitro benzene ring substituents is 1. The van der Waals surface area contributed by atoms with Crippen molar-refractivity contribution in [1.82, 2.24) is 19.9 Å². The molecule has 506 valence electrons. The number of carboxylic acids is 2. The number of nitrogens with two attached hydrogens (primary N) is 1. The number of benzene rings is 8. The SMILES string of the molecule is COCOc1cc(-c2cccc(C(=O)O)c2)cc2cccnc12.COCOc1cc(Br)cc2cccnc12.COc1cc(Br)cc2cccnc12.COc1cc(Br)ccc1N.O=C(O)c1cccc(B(O)O)c1.O=[N+]([O-])c1cccc(S(=O)(=O)[O-])c1.Oc1cc(Br)cc2cccnc12.[Na+]. The van der Waals surface area contributed by atoms with E-state index in [1.165, 1.54) is 24.3 Å². The van der Waals surface area contributed by atoms with Gasteiger partial charge in [-0.1, -0.05) is 118 Å². The Kier molecular flexibility index (Phi) is 33.0. The number of phenolic OH excluding ortho intramolecular Hbond substituents is 1. The number of carbonyl (C=O) groups is 2. The number of methoxy groups -OCH3 is 4.